The second-order valence-corrected chi connectivity index (χ2v) is 4.47. The van der Waals surface area contributed by atoms with E-state index in [0.29, 0.717) is 26.2 Å². The SMILES string of the molecule is O=C(C(=O)N1CCOC(CO)C1)N1CCNCC1. The maximum atomic E-state index is 12.0. The van der Waals surface area contributed by atoms with E-state index in [9.17, 15) is 9.59 Å². The summed E-state index contributed by atoms with van der Waals surface area (Å²) in [6.45, 7) is 3.51. The fraction of sp³-hybridized carbons (Fsp3) is 0.818. The zero-order chi connectivity index (χ0) is 13.0. The molecule has 2 rings (SSSR count). The Labute approximate surface area is 106 Å². The maximum absolute atomic E-state index is 12.0. The van der Waals surface area contributed by atoms with Crippen LogP contribution in [0.3, 0.4) is 0 Å². The Morgan fingerprint density at radius 2 is 1.83 bits per heavy atom. The monoisotopic (exact) mass is 257 g/mol. The molecule has 2 N–H and O–H groups in total. The van der Waals surface area contributed by atoms with Crippen LogP contribution in [0.1, 0.15) is 0 Å². The number of hydrogen-bond donors (Lipinski definition) is 2. The molecule has 7 heteroatoms. The summed E-state index contributed by atoms with van der Waals surface area (Å²) in [5, 5.41) is 12.1. The molecule has 102 valence electrons. The van der Waals surface area contributed by atoms with E-state index in [1.54, 1.807) is 4.90 Å². The summed E-state index contributed by atoms with van der Waals surface area (Å²) in [5.74, 6) is -0.936. The summed E-state index contributed by atoms with van der Waals surface area (Å²) >= 11 is 0. The smallest absolute Gasteiger partial charge is 0.312 e. The molecule has 0 radical (unpaired) electrons. The van der Waals surface area contributed by atoms with E-state index in [4.69, 9.17) is 9.84 Å². The van der Waals surface area contributed by atoms with Crippen LogP contribution in [0.15, 0.2) is 0 Å². The molecule has 0 aromatic heterocycles. The Kier molecular flexibility index (Phi) is 4.51. The number of nitrogens with zero attached hydrogens (tertiary/aromatic N) is 2. The average Bonchev–Trinajstić information content (AvgIpc) is 2.46. The highest BCUT2D eigenvalue weighted by Crippen LogP contribution is 2.07. The van der Waals surface area contributed by atoms with Gasteiger partial charge in [0.05, 0.1) is 19.3 Å². The number of piperazine rings is 1. The van der Waals surface area contributed by atoms with Gasteiger partial charge in [-0.3, -0.25) is 9.59 Å². The van der Waals surface area contributed by atoms with Gasteiger partial charge in [0, 0.05) is 39.3 Å². The third-order valence-corrected chi connectivity index (χ3v) is 3.22. The van der Waals surface area contributed by atoms with Gasteiger partial charge in [0.2, 0.25) is 0 Å². The second kappa shape index (κ2) is 6.12. The molecule has 0 saturated carbocycles. The van der Waals surface area contributed by atoms with Crippen molar-refractivity contribution < 1.29 is 19.4 Å². The molecule has 1 unspecified atom stereocenters. The van der Waals surface area contributed by atoms with Crippen molar-refractivity contribution in [2.75, 3.05) is 52.5 Å². The van der Waals surface area contributed by atoms with Crippen molar-refractivity contribution in [2.24, 2.45) is 0 Å². The standard InChI is InChI=1S/C11H19N3O4/c15-8-9-7-14(5-6-18-9)11(17)10(16)13-3-1-12-2-4-13/h9,12,15H,1-8H2. The van der Waals surface area contributed by atoms with Crippen molar-refractivity contribution in [3.05, 3.63) is 0 Å². The van der Waals surface area contributed by atoms with E-state index >= 15 is 0 Å². The first-order valence-electron chi connectivity index (χ1n) is 6.23. The summed E-state index contributed by atoms with van der Waals surface area (Å²) in [6.07, 6.45) is -0.376. The van der Waals surface area contributed by atoms with E-state index in [-0.39, 0.29) is 19.3 Å². The van der Waals surface area contributed by atoms with E-state index in [1.165, 1.54) is 4.90 Å². The molecule has 0 aliphatic carbocycles. The highest BCUT2D eigenvalue weighted by Gasteiger charge is 2.31. The van der Waals surface area contributed by atoms with E-state index in [0.717, 1.165) is 13.1 Å². The first-order chi connectivity index (χ1) is 8.72. The van der Waals surface area contributed by atoms with Crippen molar-refractivity contribution in [2.45, 2.75) is 6.10 Å². The van der Waals surface area contributed by atoms with Gasteiger partial charge in [-0.25, -0.2) is 0 Å². The fourth-order valence-corrected chi connectivity index (χ4v) is 2.15. The molecule has 2 amide bonds. The van der Waals surface area contributed by atoms with Gasteiger partial charge in [-0.15, -0.1) is 0 Å². The Bertz CT molecular complexity index is 317. The number of hydrogen-bond acceptors (Lipinski definition) is 5. The molecule has 18 heavy (non-hydrogen) atoms. The zero-order valence-corrected chi connectivity index (χ0v) is 10.3. The molecule has 0 bridgehead atoms. The van der Waals surface area contributed by atoms with E-state index < -0.39 is 11.8 Å². The molecule has 0 aromatic rings. The third kappa shape index (κ3) is 2.98. The number of rotatable bonds is 1. The predicted octanol–water partition coefficient (Wildman–Crippen LogP) is -2.36. The van der Waals surface area contributed by atoms with Crippen LogP contribution in [0.4, 0.5) is 0 Å². The normalized spacial score (nSPS) is 25.1. The Balaban J connectivity index is 1.91. The Morgan fingerprint density at radius 3 is 2.50 bits per heavy atom. The number of amides is 2. The van der Waals surface area contributed by atoms with Gasteiger partial charge in [-0.1, -0.05) is 0 Å². The van der Waals surface area contributed by atoms with Crippen LogP contribution in [0.2, 0.25) is 0 Å². The van der Waals surface area contributed by atoms with Crippen molar-refractivity contribution in [1.29, 1.82) is 0 Å². The molecule has 2 aliphatic heterocycles. The van der Waals surface area contributed by atoms with Gasteiger partial charge in [-0.05, 0) is 0 Å². The minimum absolute atomic E-state index is 0.133. The summed E-state index contributed by atoms with van der Waals surface area (Å²) < 4.78 is 5.25. The van der Waals surface area contributed by atoms with Crippen molar-refractivity contribution in [3.63, 3.8) is 0 Å². The first kappa shape index (κ1) is 13.3. The quantitative estimate of drug-likeness (QED) is 0.513. The van der Waals surface area contributed by atoms with Gasteiger partial charge >= 0.3 is 11.8 Å². The molecule has 0 aromatic carbocycles. The molecule has 2 heterocycles. The number of aliphatic hydroxyl groups excluding tert-OH is 1. The molecule has 7 nitrogen and oxygen atoms in total. The van der Waals surface area contributed by atoms with Crippen LogP contribution in [0, 0.1) is 0 Å². The molecule has 2 fully saturated rings. The van der Waals surface area contributed by atoms with Crippen LogP contribution < -0.4 is 5.32 Å². The Hall–Kier alpha value is -1.18. The number of aliphatic hydroxyl groups is 1. The lowest BCUT2D eigenvalue weighted by Gasteiger charge is -2.34. The minimum Gasteiger partial charge on any atom is -0.394 e. The van der Waals surface area contributed by atoms with Crippen LogP contribution in [0.5, 0.6) is 0 Å². The van der Waals surface area contributed by atoms with Gasteiger partial charge in [0.15, 0.2) is 0 Å². The topological polar surface area (TPSA) is 82.1 Å². The maximum Gasteiger partial charge on any atom is 0.312 e. The molecule has 1 atom stereocenters. The highest BCUT2D eigenvalue weighted by atomic mass is 16.5. The minimum atomic E-state index is -0.487. The van der Waals surface area contributed by atoms with Gasteiger partial charge < -0.3 is 25.0 Å². The van der Waals surface area contributed by atoms with E-state index in [1.807, 2.05) is 0 Å². The van der Waals surface area contributed by atoms with Gasteiger partial charge in [-0.2, -0.15) is 0 Å². The average molecular weight is 257 g/mol. The molecule has 0 spiro atoms. The third-order valence-electron chi connectivity index (χ3n) is 3.22. The van der Waals surface area contributed by atoms with Crippen molar-refractivity contribution in [3.8, 4) is 0 Å². The number of morpholine rings is 1. The van der Waals surface area contributed by atoms with Crippen molar-refractivity contribution in [1.82, 2.24) is 15.1 Å². The van der Waals surface area contributed by atoms with Gasteiger partial charge in [0.25, 0.3) is 0 Å². The van der Waals surface area contributed by atoms with Crippen molar-refractivity contribution >= 4 is 11.8 Å². The summed E-state index contributed by atoms with van der Waals surface area (Å²) in [6, 6.07) is 0. The Morgan fingerprint density at radius 1 is 1.17 bits per heavy atom. The van der Waals surface area contributed by atoms with Gasteiger partial charge in [0.1, 0.15) is 0 Å². The lowest BCUT2D eigenvalue weighted by Crippen LogP contribution is -2.55. The largest absolute Gasteiger partial charge is 0.394 e. The fourth-order valence-electron chi connectivity index (χ4n) is 2.15. The van der Waals surface area contributed by atoms with Crippen LogP contribution in [-0.4, -0.2) is 85.3 Å². The van der Waals surface area contributed by atoms with Crippen LogP contribution in [-0.2, 0) is 14.3 Å². The number of carbonyl (C=O) groups is 2. The molecule has 2 saturated heterocycles. The molecular formula is C11H19N3O4. The van der Waals surface area contributed by atoms with Crippen LogP contribution >= 0.6 is 0 Å². The first-order valence-corrected chi connectivity index (χ1v) is 6.23. The molecule has 2 aliphatic rings. The van der Waals surface area contributed by atoms with Crippen LogP contribution in [0.25, 0.3) is 0 Å². The molecular weight excluding hydrogens is 238 g/mol. The number of nitrogens with one attached hydrogen (secondary N) is 1. The van der Waals surface area contributed by atoms with E-state index in [2.05, 4.69) is 5.32 Å². The highest BCUT2D eigenvalue weighted by molar-refractivity contribution is 6.34. The lowest BCUT2D eigenvalue weighted by molar-refractivity contribution is -0.157. The number of ether oxygens (including phenoxy) is 1. The summed E-state index contributed by atoms with van der Waals surface area (Å²) in [5.41, 5.74) is 0. The number of carbonyl (C=O) groups excluding carboxylic acids is 2. The lowest BCUT2D eigenvalue weighted by atomic mass is 10.2. The summed E-state index contributed by atoms with van der Waals surface area (Å²) in [7, 11) is 0. The second-order valence-electron chi connectivity index (χ2n) is 4.47. The zero-order valence-electron chi connectivity index (χ0n) is 10.3. The predicted molar refractivity (Wildman–Crippen MR) is 62.9 cm³/mol. The summed E-state index contributed by atoms with van der Waals surface area (Å²) in [4.78, 5) is 27.1.